The van der Waals surface area contributed by atoms with E-state index in [1.165, 1.54) is 11.3 Å². The highest BCUT2D eigenvalue weighted by atomic mass is 35.5. The minimum Gasteiger partial charge on any atom is -0.454 e. The number of halogens is 3. The maximum atomic E-state index is 13.4. The number of benzene rings is 1. The Morgan fingerprint density at radius 1 is 1.42 bits per heavy atom. The van der Waals surface area contributed by atoms with Crippen molar-refractivity contribution >= 4 is 46.3 Å². The van der Waals surface area contributed by atoms with Crippen LogP contribution in [0.15, 0.2) is 17.5 Å². The lowest BCUT2D eigenvalue weighted by molar-refractivity contribution is -0.122. The number of ketones is 1. The molecule has 9 heteroatoms. The molecular weight excluding hydrogens is 378 g/mol. The van der Waals surface area contributed by atoms with Crippen molar-refractivity contribution in [1.29, 1.82) is 5.26 Å². The van der Waals surface area contributed by atoms with Gasteiger partial charge in [-0.15, -0.1) is 11.3 Å². The highest BCUT2D eigenvalue weighted by molar-refractivity contribution is 7.09. The molecule has 2 rings (SSSR count). The molecule has 0 amide bonds. The molecule has 1 aromatic carbocycles. The van der Waals surface area contributed by atoms with Crippen molar-refractivity contribution in [3.63, 3.8) is 0 Å². The number of nitriles is 1. The number of rotatable bonds is 5. The first-order valence-electron chi connectivity index (χ1n) is 6.49. The van der Waals surface area contributed by atoms with Crippen LogP contribution in [-0.4, -0.2) is 23.3 Å². The standard InChI is InChI=1S/C15H9Cl2FN2O3S/c1-7-6-24-14(20-7)9(4-19)13(21)5-23-15(22)8-2-12(18)11(17)3-10(8)16/h2-3,6,9H,5H2,1H3/t9-/m0/s1. The van der Waals surface area contributed by atoms with Crippen LogP contribution < -0.4 is 0 Å². The number of carbonyl (C=O) groups is 2. The Morgan fingerprint density at radius 3 is 2.71 bits per heavy atom. The van der Waals surface area contributed by atoms with Gasteiger partial charge >= 0.3 is 5.97 Å². The molecule has 2 aromatic rings. The van der Waals surface area contributed by atoms with Gasteiger partial charge in [0.1, 0.15) is 10.8 Å². The molecule has 1 atom stereocenters. The van der Waals surface area contributed by atoms with Gasteiger partial charge in [0.25, 0.3) is 0 Å². The van der Waals surface area contributed by atoms with E-state index in [1.54, 1.807) is 12.3 Å². The largest absolute Gasteiger partial charge is 0.454 e. The minimum absolute atomic E-state index is 0.105. The molecule has 0 saturated carbocycles. The van der Waals surface area contributed by atoms with E-state index >= 15 is 0 Å². The molecule has 0 aliphatic heterocycles. The van der Waals surface area contributed by atoms with Crippen LogP contribution in [-0.2, 0) is 9.53 Å². The Kier molecular flexibility index (Phi) is 5.89. The number of aromatic nitrogens is 1. The lowest BCUT2D eigenvalue weighted by Gasteiger charge is -2.08. The summed E-state index contributed by atoms with van der Waals surface area (Å²) < 4.78 is 18.2. The number of ether oxygens (including phenoxy) is 1. The summed E-state index contributed by atoms with van der Waals surface area (Å²) in [5.74, 6) is -3.59. The smallest absolute Gasteiger partial charge is 0.340 e. The molecule has 1 aromatic heterocycles. The number of hydrogen-bond acceptors (Lipinski definition) is 6. The Labute approximate surface area is 150 Å². The molecule has 24 heavy (non-hydrogen) atoms. The second-order valence-electron chi connectivity index (χ2n) is 4.68. The zero-order valence-electron chi connectivity index (χ0n) is 12.2. The first-order chi connectivity index (χ1) is 11.3. The number of Topliss-reactive ketones (excluding diaryl/α,β-unsaturated/α-hetero) is 1. The molecule has 124 valence electrons. The minimum atomic E-state index is -1.13. The average Bonchev–Trinajstić information content (AvgIpc) is 2.95. The third-order valence-corrected chi connectivity index (χ3v) is 4.54. The fourth-order valence-corrected chi connectivity index (χ4v) is 3.07. The van der Waals surface area contributed by atoms with Crippen molar-refractivity contribution in [2.24, 2.45) is 0 Å². The molecular formula is C15H9Cl2FN2O3S. The van der Waals surface area contributed by atoms with Crippen molar-refractivity contribution in [2.75, 3.05) is 6.61 Å². The molecule has 0 aliphatic rings. The van der Waals surface area contributed by atoms with Crippen LogP contribution in [0.1, 0.15) is 27.0 Å². The van der Waals surface area contributed by atoms with E-state index in [0.717, 1.165) is 12.1 Å². The summed E-state index contributed by atoms with van der Waals surface area (Å²) in [6, 6.07) is 3.71. The molecule has 0 bridgehead atoms. The first-order valence-corrected chi connectivity index (χ1v) is 8.13. The van der Waals surface area contributed by atoms with Gasteiger partial charge in [-0.1, -0.05) is 23.2 Å². The van der Waals surface area contributed by atoms with Crippen LogP contribution in [0.2, 0.25) is 10.0 Å². The predicted octanol–water partition coefficient (Wildman–Crippen LogP) is 3.93. The molecule has 0 radical (unpaired) electrons. The highest BCUT2D eigenvalue weighted by Gasteiger charge is 2.25. The average molecular weight is 387 g/mol. The van der Waals surface area contributed by atoms with Crippen LogP contribution in [0.3, 0.4) is 0 Å². The van der Waals surface area contributed by atoms with Gasteiger partial charge in [0, 0.05) is 11.1 Å². The maximum absolute atomic E-state index is 13.4. The number of nitrogens with zero attached hydrogens (tertiary/aromatic N) is 2. The van der Waals surface area contributed by atoms with Gasteiger partial charge < -0.3 is 4.74 Å². The van der Waals surface area contributed by atoms with Crippen molar-refractivity contribution in [1.82, 2.24) is 4.98 Å². The van der Waals surface area contributed by atoms with E-state index in [2.05, 4.69) is 4.98 Å². The van der Waals surface area contributed by atoms with Crippen molar-refractivity contribution in [3.8, 4) is 6.07 Å². The molecule has 0 unspecified atom stereocenters. The van der Waals surface area contributed by atoms with Crippen LogP contribution in [0.4, 0.5) is 4.39 Å². The second-order valence-corrected chi connectivity index (χ2v) is 6.38. The third kappa shape index (κ3) is 4.09. The Bertz CT molecular complexity index is 848. The van der Waals surface area contributed by atoms with E-state index in [0.29, 0.717) is 10.7 Å². The Hall–Kier alpha value is -2.01. The molecule has 0 aliphatic carbocycles. The Balaban J connectivity index is 2.07. The molecule has 0 saturated heterocycles. The summed E-state index contributed by atoms with van der Waals surface area (Å²) in [5.41, 5.74) is 0.424. The number of thiazole rings is 1. The number of hydrogen-bond donors (Lipinski definition) is 0. The maximum Gasteiger partial charge on any atom is 0.340 e. The van der Waals surface area contributed by atoms with Crippen LogP contribution in [0.5, 0.6) is 0 Å². The predicted molar refractivity (Wildman–Crippen MR) is 86.9 cm³/mol. The fourth-order valence-electron chi connectivity index (χ4n) is 1.75. The summed E-state index contributed by atoms with van der Waals surface area (Å²) in [7, 11) is 0. The van der Waals surface area contributed by atoms with E-state index in [9.17, 15) is 14.0 Å². The number of aryl methyl sites for hydroxylation is 1. The summed E-state index contributed by atoms with van der Waals surface area (Å²) in [4.78, 5) is 28.1. The van der Waals surface area contributed by atoms with Gasteiger partial charge in [0.05, 0.1) is 21.7 Å². The number of esters is 1. The topological polar surface area (TPSA) is 80.0 Å². The number of carbonyl (C=O) groups excluding carboxylic acids is 2. The zero-order chi connectivity index (χ0) is 17.9. The monoisotopic (exact) mass is 386 g/mol. The van der Waals surface area contributed by atoms with Crippen LogP contribution in [0, 0.1) is 24.1 Å². The van der Waals surface area contributed by atoms with Gasteiger partial charge in [-0.05, 0) is 19.1 Å². The van der Waals surface area contributed by atoms with E-state index < -0.39 is 30.1 Å². The fraction of sp³-hybridized carbons (Fsp3) is 0.200. The zero-order valence-corrected chi connectivity index (χ0v) is 14.5. The normalized spacial score (nSPS) is 11.6. The van der Waals surface area contributed by atoms with E-state index in [-0.39, 0.29) is 15.6 Å². The summed E-state index contributed by atoms with van der Waals surface area (Å²) in [5, 5.41) is 10.8. The van der Waals surface area contributed by atoms with Gasteiger partial charge in [-0.3, -0.25) is 4.79 Å². The second kappa shape index (κ2) is 7.71. The first kappa shape index (κ1) is 18.3. The molecule has 1 heterocycles. The quantitative estimate of drug-likeness (QED) is 0.574. The van der Waals surface area contributed by atoms with Crippen molar-refractivity contribution in [3.05, 3.63) is 49.6 Å². The lowest BCUT2D eigenvalue weighted by Crippen LogP contribution is -2.20. The van der Waals surface area contributed by atoms with Crippen LogP contribution in [0.25, 0.3) is 0 Å². The van der Waals surface area contributed by atoms with E-state index in [4.69, 9.17) is 33.2 Å². The molecule has 0 spiro atoms. The van der Waals surface area contributed by atoms with Gasteiger partial charge in [-0.2, -0.15) is 5.26 Å². The summed E-state index contributed by atoms with van der Waals surface area (Å²) in [6.45, 7) is 1.08. The van der Waals surface area contributed by atoms with Gasteiger partial charge in [0.15, 0.2) is 18.3 Å². The summed E-state index contributed by atoms with van der Waals surface area (Å²) >= 11 is 12.5. The molecule has 0 N–H and O–H groups in total. The van der Waals surface area contributed by atoms with Gasteiger partial charge in [0.2, 0.25) is 0 Å². The van der Waals surface area contributed by atoms with Crippen molar-refractivity contribution < 1.29 is 18.7 Å². The molecule has 5 nitrogen and oxygen atoms in total. The Morgan fingerprint density at radius 2 is 2.12 bits per heavy atom. The third-order valence-electron chi connectivity index (χ3n) is 2.91. The van der Waals surface area contributed by atoms with Crippen LogP contribution >= 0.6 is 34.5 Å². The SMILES string of the molecule is Cc1csc([C@@H](C#N)C(=O)COC(=O)c2cc(F)c(Cl)cc2Cl)n1. The summed E-state index contributed by atoms with van der Waals surface area (Å²) in [6.07, 6.45) is 0. The van der Waals surface area contributed by atoms with Crippen molar-refractivity contribution in [2.45, 2.75) is 12.8 Å². The molecule has 0 fully saturated rings. The highest BCUT2D eigenvalue weighted by Crippen LogP contribution is 2.25. The van der Waals surface area contributed by atoms with Gasteiger partial charge in [-0.25, -0.2) is 14.2 Å². The lowest BCUT2D eigenvalue weighted by atomic mass is 10.1. The van der Waals surface area contributed by atoms with E-state index in [1.807, 2.05) is 6.07 Å².